The van der Waals surface area contributed by atoms with Crippen LogP contribution in [0.4, 0.5) is 0 Å². The van der Waals surface area contributed by atoms with Crippen LogP contribution in [0.3, 0.4) is 0 Å². The number of rotatable bonds is 0. The highest BCUT2D eigenvalue weighted by atomic mass is 79.9. The first kappa shape index (κ1) is 11.6. The van der Waals surface area contributed by atoms with Gasteiger partial charge < -0.3 is 0 Å². The molecule has 0 atom stereocenters. The third-order valence-electron chi connectivity index (χ3n) is 1.95. The highest BCUT2D eigenvalue weighted by Crippen LogP contribution is 2.53. The van der Waals surface area contributed by atoms with Gasteiger partial charge in [0.25, 0.3) is 0 Å². The Labute approximate surface area is 131 Å². The van der Waals surface area contributed by atoms with Crippen LogP contribution in [0.5, 0.6) is 0 Å². The van der Waals surface area contributed by atoms with E-state index in [4.69, 9.17) is 0 Å². The average Bonchev–Trinajstić information content (AvgIpc) is 2.75. The quantitative estimate of drug-likeness (QED) is 0.299. The molecule has 0 radical (unpaired) electrons. The zero-order chi connectivity index (χ0) is 10.7. The molecule has 3 heterocycles. The summed E-state index contributed by atoms with van der Waals surface area (Å²) in [5.74, 6) is 0. The summed E-state index contributed by atoms with van der Waals surface area (Å²) in [6.45, 7) is 0. The summed E-state index contributed by atoms with van der Waals surface area (Å²) in [6, 6.07) is 0. The molecule has 0 spiro atoms. The second-order valence-corrected chi connectivity index (χ2v) is 10.1. The Morgan fingerprint density at radius 3 is 1.33 bits per heavy atom. The molecule has 3 aromatic rings. The zero-order valence-corrected chi connectivity index (χ0v) is 15.5. The average molecular weight is 512 g/mol. The summed E-state index contributed by atoms with van der Waals surface area (Å²) < 4.78 is 10.1. The first-order valence-corrected chi connectivity index (χ1v) is 9.35. The van der Waals surface area contributed by atoms with Crippen molar-refractivity contribution >= 4 is 117 Å². The lowest BCUT2D eigenvalue weighted by atomic mass is 10.5. The summed E-state index contributed by atoms with van der Waals surface area (Å²) in [6.07, 6.45) is 0. The van der Waals surface area contributed by atoms with Crippen molar-refractivity contribution in [2.45, 2.75) is 0 Å². The van der Waals surface area contributed by atoms with Gasteiger partial charge in [0.1, 0.15) is 0 Å². The Morgan fingerprint density at radius 2 is 0.933 bits per heavy atom. The molecule has 78 valence electrons. The Bertz CT molecular complexity index is 618. The van der Waals surface area contributed by atoms with E-state index in [0.717, 1.165) is 0 Å². The lowest BCUT2D eigenvalue weighted by Gasteiger charge is -1.83. The van der Waals surface area contributed by atoms with Crippen LogP contribution < -0.4 is 0 Å². The largest absolute Gasteiger partial charge is 0.131 e. The van der Waals surface area contributed by atoms with Gasteiger partial charge >= 0.3 is 0 Å². The highest BCUT2D eigenvalue weighted by Gasteiger charge is 2.18. The van der Waals surface area contributed by atoms with E-state index in [0.29, 0.717) is 0 Å². The van der Waals surface area contributed by atoms with E-state index in [1.165, 1.54) is 35.3 Å². The van der Waals surface area contributed by atoms with Gasteiger partial charge in [0.2, 0.25) is 0 Å². The lowest BCUT2D eigenvalue weighted by Crippen LogP contribution is -1.52. The van der Waals surface area contributed by atoms with E-state index in [9.17, 15) is 0 Å². The minimum atomic E-state index is 1.17. The van der Waals surface area contributed by atoms with Gasteiger partial charge in [-0.05, 0) is 63.7 Å². The maximum absolute atomic E-state index is 3.61. The number of fused-ring (bicyclic) bond motifs is 3. The number of thiophene rings is 3. The third kappa shape index (κ3) is 1.65. The van der Waals surface area contributed by atoms with Gasteiger partial charge in [-0.3, -0.25) is 0 Å². The van der Waals surface area contributed by atoms with Crippen LogP contribution in [0.25, 0.3) is 18.8 Å². The fraction of sp³-hybridized carbons (Fsp3) is 0. The van der Waals surface area contributed by atoms with Crippen molar-refractivity contribution in [3.05, 3.63) is 16.5 Å². The van der Waals surface area contributed by atoms with Gasteiger partial charge in [-0.1, -0.05) is 0 Å². The van der Waals surface area contributed by atoms with Gasteiger partial charge in [-0.25, -0.2) is 0 Å². The molecule has 3 rings (SSSR count). The van der Waals surface area contributed by atoms with Crippen molar-refractivity contribution in [1.82, 2.24) is 0 Å². The molecular weight excluding hydrogens is 512 g/mol. The molecule has 0 fully saturated rings. The smallest absolute Gasteiger partial charge is 0.0862 e. The Kier molecular flexibility index (Phi) is 3.12. The fourth-order valence-corrected chi connectivity index (χ4v) is 8.09. The summed E-state index contributed by atoms with van der Waals surface area (Å²) in [5.41, 5.74) is 0. The zero-order valence-electron chi connectivity index (χ0n) is 6.74. The van der Waals surface area contributed by atoms with Crippen LogP contribution in [0.1, 0.15) is 0 Å². The van der Waals surface area contributed by atoms with Crippen LogP contribution in [-0.2, 0) is 0 Å². The molecule has 3 aromatic heterocycles. The molecule has 0 aliphatic rings. The predicted molar refractivity (Wildman–Crippen MR) is 85.9 cm³/mol. The topological polar surface area (TPSA) is 0 Å². The van der Waals surface area contributed by atoms with Gasteiger partial charge in [0.05, 0.1) is 35.3 Å². The fourth-order valence-electron chi connectivity index (χ4n) is 1.32. The van der Waals surface area contributed by atoms with Crippen molar-refractivity contribution in [1.29, 1.82) is 0 Å². The van der Waals surface area contributed by atoms with Crippen LogP contribution in [0, 0.1) is 0 Å². The minimum Gasteiger partial charge on any atom is -0.131 e. The van der Waals surface area contributed by atoms with Crippen molar-refractivity contribution in [3.63, 3.8) is 0 Å². The molecule has 7 heteroatoms. The molecule has 0 aliphatic carbocycles. The minimum absolute atomic E-state index is 1.17. The van der Waals surface area contributed by atoms with Crippen molar-refractivity contribution in [2.75, 3.05) is 0 Å². The van der Waals surface area contributed by atoms with Gasteiger partial charge in [-0.2, -0.15) is 0 Å². The first-order chi connectivity index (χ1) is 7.09. The van der Waals surface area contributed by atoms with Crippen LogP contribution >= 0.6 is 97.7 Å². The summed E-state index contributed by atoms with van der Waals surface area (Å²) in [5, 5.41) is 0. The van der Waals surface area contributed by atoms with Crippen LogP contribution in [0.2, 0.25) is 0 Å². The molecule has 15 heavy (non-hydrogen) atoms. The maximum atomic E-state index is 3.61. The first-order valence-electron chi connectivity index (χ1n) is 3.73. The molecule has 0 N–H and O–H groups in total. The molecule has 0 saturated carbocycles. The molecule has 0 nitrogen and oxygen atoms in total. The molecular formula is C8Br4S3. The van der Waals surface area contributed by atoms with Crippen LogP contribution in [0.15, 0.2) is 16.5 Å². The van der Waals surface area contributed by atoms with Gasteiger partial charge in [0, 0.05) is 0 Å². The Hall–Kier alpha value is 1.54. The molecule has 0 unspecified atom stereocenters. The SMILES string of the molecule is Brc1sc2c(sc3c(Br)c(Br)sc32)c1Br. The van der Waals surface area contributed by atoms with Crippen molar-refractivity contribution in [2.24, 2.45) is 0 Å². The summed E-state index contributed by atoms with van der Waals surface area (Å²) in [4.78, 5) is 0. The standard InChI is InChI=1S/C8Br4S3/c9-1-3-5(14-7(1)11)6-4(13-3)2(10)8(12)15-6. The van der Waals surface area contributed by atoms with E-state index < -0.39 is 0 Å². The highest BCUT2D eigenvalue weighted by molar-refractivity contribution is 9.14. The molecule has 0 saturated heterocycles. The van der Waals surface area contributed by atoms with Crippen LogP contribution in [-0.4, -0.2) is 0 Å². The van der Waals surface area contributed by atoms with E-state index in [1.54, 1.807) is 22.7 Å². The summed E-state index contributed by atoms with van der Waals surface area (Å²) >= 11 is 19.7. The Balaban J connectivity index is 2.57. The third-order valence-corrected chi connectivity index (χ3v) is 11.0. The monoisotopic (exact) mass is 508 g/mol. The molecule has 0 amide bonds. The maximum Gasteiger partial charge on any atom is 0.0862 e. The lowest BCUT2D eigenvalue weighted by molar-refractivity contribution is 1.98. The van der Waals surface area contributed by atoms with E-state index >= 15 is 0 Å². The van der Waals surface area contributed by atoms with E-state index in [2.05, 4.69) is 63.7 Å². The predicted octanol–water partition coefficient (Wildman–Crippen LogP) is 7.23. The van der Waals surface area contributed by atoms with Gasteiger partial charge in [0.15, 0.2) is 0 Å². The van der Waals surface area contributed by atoms with E-state index in [1.807, 2.05) is 11.3 Å². The van der Waals surface area contributed by atoms with Gasteiger partial charge in [-0.15, -0.1) is 34.0 Å². The van der Waals surface area contributed by atoms with Crippen molar-refractivity contribution in [3.8, 4) is 0 Å². The summed E-state index contributed by atoms with van der Waals surface area (Å²) in [7, 11) is 0. The molecule has 0 bridgehead atoms. The Morgan fingerprint density at radius 1 is 0.533 bits per heavy atom. The normalized spacial score (nSPS) is 12.0. The second-order valence-electron chi connectivity index (χ2n) is 2.80. The number of halogens is 4. The number of hydrogen-bond donors (Lipinski definition) is 0. The molecule has 0 aliphatic heterocycles. The van der Waals surface area contributed by atoms with E-state index in [-0.39, 0.29) is 0 Å². The second kappa shape index (κ2) is 4.03. The molecule has 0 aromatic carbocycles. The number of hydrogen-bond acceptors (Lipinski definition) is 3. The van der Waals surface area contributed by atoms with Crippen molar-refractivity contribution < 1.29 is 0 Å².